The van der Waals surface area contributed by atoms with Gasteiger partial charge in [0.1, 0.15) is 11.6 Å². The summed E-state index contributed by atoms with van der Waals surface area (Å²) in [6.07, 6.45) is 4.26. The van der Waals surface area contributed by atoms with Crippen molar-refractivity contribution >= 4 is 27.5 Å². The molecule has 2 nitrogen and oxygen atoms in total. The third-order valence-electron chi connectivity index (χ3n) is 2.08. The lowest BCUT2D eigenvalue weighted by atomic mass is 9.85. The molecule has 0 atom stereocenters. The Morgan fingerprint density at radius 1 is 1.33 bits per heavy atom. The number of halogens is 1. The highest BCUT2D eigenvalue weighted by Gasteiger charge is 2.28. The summed E-state index contributed by atoms with van der Waals surface area (Å²) in [6, 6.07) is 0. The van der Waals surface area contributed by atoms with Gasteiger partial charge in [-0.2, -0.15) is 0 Å². The van der Waals surface area contributed by atoms with E-state index in [4.69, 9.17) is 0 Å². The van der Waals surface area contributed by atoms with Gasteiger partial charge in [0.2, 0.25) is 0 Å². The van der Waals surface area contributed by atoms with Crippen LogP contribution in [0.15, 0.2) is 11.1 Å². The molecule has 0 radical (unpaired) electrons. The maximum Gasteiger partial charge on any atom is 0.143 e. The zero-order valence-electron chi connectivity index (χ0n) is 6.75. The average Bonchev–Trinajstić information content (AvgIpc) is 2.04. The Kier molecular flexibility index (Phi) is 3.66. The van der Waals surface area contributed by atoms with Crippen molar-refractivity contribution in [2.75, 3.05) is 0 Å². The topological polar surface area (TPSA) is 34.1 Å². The molecule has 1 fully saturated rings. The van der Waals surface area contributed by atoms with Crippen molar-refractivity contribution in [3.05, 3.63) is 11.1 Å². The van der Waals surface area contributed by atoms with E-state index in [-0.39, 0.29) is 17.5 Å². The van der Waals surface area contributed by atoms with Crippen molar-refractivity contribution in [3.63, 3.8) is 0 Å². The summed E-state index contributed by atoms with van der Waals surface area (Å²) in [4.78, 5) is 24.2. The monoisotopic (exact) mass is 230 g/mol. The van der Waals surface area contributed by atoms with Gasteiger partial charge in [-0.05, 0) is 17.8 Å². The van der Waals surface area contributed by atoms with Crippen LogP contribution in [0.25, 0.3) is 0 Å². The molecule has 0 aromatic rings. The lowest BCUT2D eigenvalue weighted by Gasteiger charge is -2.17. The number of rotatable bonds is 2. The fourth-order valence-corrected chi connectivity index (χ4v) is 1.63. The van der Waals surface area contributed by atoms with Gasteiger partial charge in [-0.25, -0.2) is 0 Å². The van der Waals surface area contributed by atoms with Crippen LogP contribution in [0.1, 0.15) is 25.7 Å². The van der Waals surface area contributed by atoms with Crippen LogP contribution in [-0.2, 0) is 9.59 Å². The van der Waals surface area contributed by atoms with Gasteiger partial charge in [0, 0.05) is 12.8 Å². The van der Waals surface area contributed by atoms with Gasteiger partial charge in [-0.1, -0.05) is 22.0 Å². The standard InChI is InChI=1S/C9H11BrO2/c10-6-2-3-7-8(11)4-1-5-9(7)12/h2,6-7H,1,3-5H2/b6-2-. The Morgan fingerprint density at radius 2 is 1.92 bits per heavy atom. The normalized spacial score (nSPS) is 20.8. The highest BCUT2D eigenvalue weighted by Crippen LogP contribution is 2.20. The van der Waals surface area contributed by atoms with Crippen LogP contribution in [0.2, 0.25) is 0 Å². The Bertz CT molecular complexity index is 205. The minimum atomic E-state index is -0.354. The van der Waals surface area contributed by atoms with E-state index in [1.54, 1.807) is 4.99 Å². The molecule has 0 saturated heterocycles. The molecule has 0 bridgehead atoms. The molecular weight excluding hydrogens is 220 g/mol. The van der Waals surface area contributed by atoms with Crippen molar-refractivity contribution in [1.82, 2.24) is 0 Å². The van der Waals surface area contributed by atoms with Crippen LogP contribution in [0.4, 0.5) is 0 Å². The highest BCUT2D eigenvalue weighted by atomic mass is 79.9. The van der Waals surface area contributed by atoms with Gasteiger partial charge >= 0.3 is 0 Å². The maximum atomic E-state index is 11.2. The van der Waals surface area contributed by atoms with E-state index in [0.717, 1.165) is 6.42 Å². The summed E-state index contributed by atoms with van der Waals surface area (Å²) in [6.45, 7) is 0. The third-order valence-corrected chi connectivity index (χ3v) is 2.46. The summed E-state index contributed by atoms with van der Waals surface area (Å²) < 4.78 is 0. The van der Waals surface area contributed by atoms with E-state index in [0.29, 0.717) is 19.3 Å². The average molecular weight is 231 g/mol. The smallest absolute Gasteiger partial charge is 0.143 e. The second-order valence-corrected chi connectivity index (χ2v) is 3.46. The first-order valence-corrected chi connectivity index (χ1v) is 4.98. The lowest BCUT2D eigenvalue weighted by Crippen LogP contribution is -2.27. The molecule has 1 aliphatic carbocycles. The molecule has 0 aromatic heterocycles. The highest BCUT2D eigenvalue weighted by molar-refractivity contribution is 9.11. The van der Waals surface area contributed by atoms with E-state index in [1.807, 2.05) is 6.08 Å². The molecule has 0 unspecified atom stereocenters. The van der Waals surface area contributed by atoms with E-state index >= 15 is 0 Å². The zero-order valence-corrected chi connectivity index (χ0v) is 8.34. The predicted molar refractivity (Wildman–Crippen MR) is 50.0 cm³/mol. The quantitative estimate of drug-likeness (QED) is 0.683. The number of allylic oxidation sites excluding steroid dienone is 1. The molecule has 0 aromatic carbocycles. The fourth-order valence-electron chi connectivity index (χ4n) is 1.42. The van der Waals surface area contributed by atoms with Crippen molar-refractivity contribution in [1.29, 1.82) is 0 Å². The molecule has 0 heterocycles. The maximum absolute atomic E-state index is 11.2. The summed E-state index contributed by atoms with van der Waals surface area (Å²) in [5, 5.41) is 0. The van der Waals surface area contributed by atoms with Gasteiger partial charge < -0.3 is 0 Å². The molecule has 0 aliphatic heterocycles. The minimum absolute atomic E-state index is 0.108. The first kappa shape index (κ1) is 9.65. The summed E-state index contributed by atoms with van der Waals surface area (Å²) in [5.41, 5.74) is 0. The van der Waals surface area contributed by atoms with Gasteiger partial charge in [0.15, 0.2) is 0 Å². The van der Waals surface area contributed by atoms with Gasteiger partial charge in [-0.15, -0.1) is 0 Å². The first-order chi connectivity index (χ1) is 5.75. The number of Topliss-reactive ketones (excluding diaryl/α,β-unsaturated/α-hetero) is 2. The van der Waals surface area contributed by atoms with Crippen molar-refractivity contribution in [2.24, 2.45) is 5.92 Å². The Labute approximate surface area is 80.2 Å². The first-order valence-electron chi connectivity index (χ1n) is 4.06. The number of hydrogen-bond donors (Lipinski definition) is 0. The van der Waals surface area contributed by atoms with E-state index in [2.05, 4.69) is 15.9 Å². The second-order valence-electron chi connectivity index (χ2n) is 2.94. The van der Waals surface area contributed by atoms with Crippen LogP contribution >= 0.6 is 15.9 Å². The van der Waals surface area contributed by atoms with Crippen LogP contribution < -0.4 is 0 Å². The third kappa shape index (κ3) is 2.27. The van der Waals surface area contributed by atoms with Crippen molar-refractivity contribution in [3.8, 4) is 0 Å². The number of ketones is 2. The van der Waals surface area contributed by atoms with E-state index in [1.165, 1.54) is 0 Å². The van der Waals surface area contributed by atoms with Crippen LogP contribution in [-0.4, -0.2) is 11.6 Å². The number of carbonyl (C=O) groups is 2. The molecule has 1 rings (SSSR count). The molecule has 66 valence electrons. The summed E-state index contributed by atoms with van der Waals surface area (Å²) in [7, 11) is 0. The van der Waals surface area contributed by atoms with Crippen molar-refractivity contribution in [2.45, 2.75) is 25.7 Å². The zero-order chi connectivity index (χ0) is 8.97. The molecule has 3 heteroatoms. The minimum Gasteiger partial charge on any atom is -0.299 e. The summed E-state index contributed by atoms with van der Waals surface area (Å²) >= 11 is 3.11. The molecular formula is C9H11BrO2. The lowest BCUT2D eigenvalue weighted by molar-refractivity contribution is -0.135. The Morgan fingerprint density at radius 3 is 2.42 bits per heavy atom. The molecule has 0 N–H and O–H groups in total. The molecule has 1 saturated carbocycles. The van der Waals surface area contributed by atoms with E-state index < -0.39 is 0 Å². The Hall–Kier alpha value is -0.440. The molecule has 12 heavy (non-hydrogen) atoms. The SMILES string of the molecule is O=C1CCCC(=O)C1C/C=C\Br. The van der Waals surface area contributed by atoms with Crippen molar-refractivity contribution < 1.29 is 9.59 Å². The fraction of sp³-hybridized carbons (Fsp3) is 0.556. The largest absolute Gasteiger partial charge is 0.299 e. The van der Waals surface area contributed by atoms with Crippen LogP contribution in [0, 0.1) is 5.92 Å². The van der Waals surface area contributed by atoms with Crippen LogP contribution in [0.3, 0.4) is 0 Å². The molecule has 0 spiro atoms. The van der Waals surface area contributed by atoms with Gasteiger partial charge in [-0.3, -0.25) is 9.59 Å². The van der Waals surface area contributed by atoms with Gasteiger partial charge in [0.25, 0.3) is 0 Å². The predicted octanol–water partition coefficient (Wildman–Crippen LogP) is 2.22. The van der Waals surface area contributed by atoms with Crippen LogP contribution in [0.5, 0.6) is 0 Å². The molecule has 1 aliphatic rings. The second kappa shape index (κ2) is 4.55. The molecule has 0 amide bonds. The summed E-state index contributed by atoms with van der Waals surface area (Å²) in [5.74, 6) is -0.138. The number of hydrogen-bond acceptors (Lipinski definition) is 2. The number of carbonyl (C=O) groups excluding carboxylic acids is 2. The Balaban J connectivity index is 2.57. The van der Waals surface area contributed by atoms with E-state index in [9.17, 15) is 9.59 Å². The van der Waals surface area contributed by atoms with Gasteiger partial charge in [0.05, 0.1) is 5.92 Å².